The van der Waals surface area contributed by atoms with E-state index < -0.39 is 12.7 Å². The van der Waals surface area contributed by atoms with Gasteiger partial charge in [0.15, 0.2) is 0 Å². The summed E-state index contributed by atoms with van der Waals surface area (Å²) in [6.07, 6.45) is -3.55. The summed E-state index contributed by atoms with van der Waals surface area (Å²) in [6.45, 7) is 3.89. The molecule has 0 aromatic carbocycles. The minimum absolute atomic E-state index is 0.0706. The molecule has 3 nitrogen and oxygen atoms in total. The van der Waals surface area contributed by atoms with Crippen LogP contribution in [0.4, 0.5) is 13.2 Å². The molecule has 0 aliphatic heterocycles. The minimum atomic E-state index is -4.19. The summed E-state index contributed by atoms with van der Waals surface area (Å²) in [6, 6.07) is 0.342. The quantitative estimate of drug-likeness (QED) is 0.628. The summed E-state index contributed by atoms with van der Waals surface area (Å²) in [7, 11) is 0. The van der Waals surface area contributed by atoms with Crippen LogP contribution in [-0.4, -0.2) is 55.0 Å². The fraction of sp³-hybridized carbons (Fsp3) is 1.00. The Labute approximate surface area is 94.6 Å². The first-order chi connectivity index (χ1) is 7.35. The number of nitrogens with one attached hydrogen (secondary N) is 1. The van der Waals surface area contributed by atoms with Gasteiger partial charge in [0, 0.05) is 12.6 Å². The molecule has 0 aromatic rings. The van der Waals surface area contributed by atoms with E-state index in [1.54, 1.807) is 0 Å². The normalized spacial score (nSPS) is 12.8. The second-order valence-corrected chi connectivity index (χ2v) is 4.08. The van der Waals surface area contributed by atoms with Crippen LogP contribution in [0.15, 0.2) is 0 Å². The molecule has 0 rings (SSSR count). The second-order valence-electron chi connectivity index (χ2n) is 4.08. The minimum Gasteiger partial charge on any atom is -0.395 e. The molecule has 0 atom stereocenters. The van der Waals surface area contributed by atoms with Crippen LogP contribution >= 0.6 is 0 Å². The highest BCUT2D eigenvalue weighted by molar-refractivity contribution is 4.64. The van der Waals surface area contributed by atoms with Gasteiger partial charge >= 0.3 is 6.18 Å². The molecule has 0 aromatic heterocycles. The average molecular weight is 242 g/mol. The molecule has 0 saturated carbocycles. The number of hydrogen-bond donors (Lipinski definition) is 2. The lowest BCUT2D eigenvalue weighted by molar-refractivity contribution is -0.146. The molecule has 98 valence electrons. The molecule has 0 bridgehead atoms. The van der Waals surface area contributed by atoms with Gasteiger partial charge in [0.25, 0.3) is 0 Å². The van der Waals surface area contributed by atoms with Crippen LogP contribution in [0.3, 0.4) is 0 Å². The SMILES string of the molecule is CC(C)NCCCN(CCO)CC(F)(F)F. The van der Waals surface area contributed by atoms with Crippen LogP contribution in [-0.2, 0) is 0 Å². The van der Waals surface area contributed by atoms with Gasteiger partial charge in [-0.1, -0.05) is 13.8 Å². The first-order valence-corrected chi connectivity index (χ1v) is 5.48. The van der Waals surface area contributed by atoms with Gasteiger partial charge in [-0.15, -0.1) is 0 Å². The molecule has 6 heteroatoms. The highest BCUT2D eigenvalue weighted by Gasteiger charge is 2.30. The summed E-state index contributed by atoms with van der Waals surface area (Å²) in [5.74, 6) is 0. The number of rotatable bonds is 8. The van der Waals surface area contributed by atoms with E-state index in [0.29, 0.717) is 25.6 Å². The third-order valence-corrected chi connectivity index (χ3v) is 2.02. The van der Waals surface area contributed by atoms with E-state index in [1.807, 2.05) is 13.8 Å². The van der Waals surface area contributed by atoms with Gasteiger partial charge in [-0.2, -0.15) is 13.2 Å². The molecule has 2 N–H and O–H groups in total. The number of hydrogen-bond acceptors (Lipinski definition) is 3. The van der Waals surface area contributed by atoms with Crippen molar-refractivity contribution in [3.05, 3.63) is 0 Å². The summed E-state index contributed by atoms with van der Waals surface area (Å²) >= 11 is 0. The molecule has 0 spiro atoms. The lowest BCUT2D eigenvalue weighted by Crippen LogP contribution is -2.38. The molecule has 0 amide bonds. The van der Waals surface area contributed by atoms with E-state index in [1.165, 1.54) is 4.90 Å². The van der Waals surface area contributed by atoms with E-state index >= 15 is 0 Å². The topological polar surface area (TPSA) is 35.5 Å². The van der Waals surface area contributed by atoms with Crippen LogP contribution in [0.5, 0.6) is 0 Å². The van der Waals surface area contributed by atoms with Gasteiger partial charge in [-0.3, -0.25) is 4.90 Å². The number of aliphatic hydroxyl groups excluding tert-OH is 1. The molecule has 0 radical (unpaired) electrons. The zero-order valence-electron chi connectivity index (χ0n) is 9.85. The molecule has 0 aliphatic carbocycles. The van der Waals surface area contributed by atoms with E-state index in [2.05, 4.69) is 5.32 Å². The van der Waals surface area contributed by atoms with Crippen LogP contribution in [0, 0.1) is 0 Å². The van der Waals surface area contributed by atoms with Gasteiger partial charge in [0.2, 0.25) is 0 Å². The Morgan fingerprint density at radius 3 is 2.31 bits per heavy atom. The number of aliphatic hydroxyl groups is 1. The highest BCUT2D eigenvalue weighted by atomic mass is 19.4. The lowest BCUT2D eigenvalue weighted by atomic mass is 10.3. The van der Waals surface area contributed by atoms with Crippen LogP contribution in [0.2, 0.25) is 0 Å². The Morgan fingerprint density at radius 2 is 1.88 bits per heavy atom. The summed E-state index contributed by atoms with van der Waals surface area (Å²) < 4.78 is 36.4. The van der Waals surface area contributed by atoms with Crippen molar-refractivity contribution in [2.24, 2.45) is 0 Å². The Morgan fingerprint density at radius 1 is 1.25 bits per heavy atom. The first kappa shape index (κ1) is 15.7. The van der Waals surface area contributed by atoms with Crippen LogP contribution in [0.1, 0.15) is 20.3 Å². The molecule has 0 unspecified atom stereocenters. The van der Waals surface area contributed by atoms with Crippen molar-refractivity contribution in [1.29, 1.82) is 0 Å². The van der Waals surface area contributed by atoms with Crippen molar-refractivity contribution in [3.8, 4) is 0 Å². The largest absolute Gasteiger partial charge is 0.401 e. The molecular formula is C10H21F3N2O. The molecule has 0 saturated heterocycles. The number of nitrogens with zero attached hydrogens (tertiary/aromatic N) is 1. The zero-order chi connectivity index (χ0) is 12.6. The number of alkyl halides is 3. The van der Waals surface area contributed by atoms with Crippen molar-refractivity contribution >= 4 is 0 Å². The van der Waals surface area contributed by atoms with Crippen molar-refractivity contribution in [3.63, 3.8) is 0 Å². The predicted molar refractivity (Wildman–Crippen MR) is 57.3 cm³/mol. The van der Waals surface area contributed by atoms with E-state index in [-0.39, 0.29) is 13.2 Å². The Bertz CT molecular complexity index is 174. The van der Waals surface area contributed by atoms with Crippen molar-refractivity contribution in [2.45, 2.75) is 32.5 Å². The van der Waals surface area contributed by atoms with Gasteiger partial charge in [-0.05, 0) is 19.5 Å². The Hall–Kier alpha value is -0.330. The maximum atomic E-state index is 12.1. The molecular weight excluding hydrogens is 221 g/mol. The highest BCUT2D eigenvalue weighted by Crippen LogP contribution is 2.16. The predicted octanol–water partition coefficient (Wildman–Crippen LogP) is 1.23. The third-order valence-electron chi connectivity index (χ3n) is 2.02. The fourth-order valence-electron chi connectivity index (χ4n) is 1.36. The van der Waals surface area contributed by atoms with Crippen LogP contribution in [0.25, 0.3) is 0 Å². The Balaban J connectivity index is 3.76. The van der Waals surface area contributed by atoms with Crippen molar-refractivity contribution < 1.29 is 18.3 Å². The standard InChI is InChI=1S/C10H21F3N2O/c1-9(2)14-4-3-5-15(6-7-16)8-10(11,12)13/h9,14,16H,3-8H2,1-2H3. The zero-order valence-corrected chi connectivity index (χ0v) is 9.85. The first-order valence-electron chi connectivity index (χ1n) is 5.48. The fourth-order valence-corrected chi connectivity index (χ4v) is 1.36. The summed E-state index contributed by atoms with van der Waals surface area (Å²) in [4.78, 5) is 1.22. The van der Waals surface area contributed by atoms with Gasteiger partial charge in [0.05, 0.1) is 13.2 Å². The van der Waals surface area contributed by atoms with E-state index in [9.17, 15) is 13.2 Å². The average Bonchev–Trinajstić information content (AvgIpc) is 2.09. The molecule has 0 aliphatic rings. The summed E-state index contributed by atoms with van der Waals surface area (Å²) in [5.41, 5.74) is 0. The van der Waals surface area contributed by atoms with Crippen molar-refractivity contribution in [2.75, 3.05) is 32.8 Å². The van der Waals surface area contributed by atoms with Crippen LogP contribution < -0.4 is 5.32 Å². The van der Waals surface area contributed by atoms with E-state index in [4.69, 9.17) is 5.11 Å². The van der Waals surface area contributed by atoms with E-state index in [0.717, 1.165) is 0 Å². The maximum Gasteiger partial charge on any atom is 0.401 e. The van der Waals surface area contributed by atoms with Gasteiger partial charge in [0.1, 0.15) is 0 Å². The smallest absolute Gasteiger partial charge is 0.395 e. The maximum absolute atomic E-state index is 12.1. The summed E-state index contributed by atoms with van der Waals surface area (Å²) in [5, 5.41) is 11.8. The monoisotopic (exact) mass is 242 g/mol. The Kier molecular flexibility index (Phi) is 7.70. The second kappa shape index (κ2) is 7.86. The number of halogens is 3. The lowest BCUT2D eigenvalue weighted by Gasteiger charge is -2.22. The third kappa shape index (κ3) is 10.2. The van der Waals surface area contributed by atoms with Crippen molar-refractivity contribution in [1.82, 2.24) is 10.2 Å². The van der Waals surface area contributed by atoms with Gasteiger partial charge in [-0.25, -0.2) is 0 Å². The molecule has 0 heterocycles. The van der Waals surface area contributed by atoms with Gasteiger partial charge < -0.3 is 10.4 Å². The molecule has 16 heavy (non-hydrogen) atoms. The molecule has 0 fully saturated rings.